The zero-order valence-corrected chi connectivity index (χ0v) is 15.0. The Morgan fingerprint density at radius 2 is 1.76 bits per heavy atom. The van der Waals surface area contributed by atoms with Crippen LogP contribution in [-0.4, -0.2) is 19.6 Å². The molecule has 1 aliphatic heterocycles. The number of sulfonamides is 1. The molecule has 1 atom stereocenters. The monoisotopic (exact) mass is 426 g/mol. The quantitative estimate of drug-likeness (QED) is 0.643. The van der Waals surface area contributed by atoms with Crippen LogP contribution in [0.25, 0.3) is 11.1 Å². The van der Waals surface area contributed by atoms with Crippen molar-refractivity contribution in [1.82, 2.24) is 4.98 Å². The molecule has 1 aromatic heterocycles. The number of hydrogen-bond donors (Lipinski definition) is 1. The van der Waals surface area contributed by atoms with Crippen molar-refractivity contribution in [3.63, 3.8) is 0 Å². The number of alkyl halides is 3. The van der Waals surface area contributed by atoms with Gasteiger partial charge in [-0.05, 0) is 35.9 Å². The molecule has 0 fully saturated rings. The molecule has 150 valence electrons. The van der Waals surface area contributed by atoms with Gasteiger partial charge in [0.25, 0.3) is 0 Å². The Morgan fingerprint density at radius 3 is 2.34 bits per heavy atom. The summed E-state index contributed by atoms with van der Waals surface area (Å²) >= 11 is 0. The van der Waals surface area contributed by atoms with E-state index in [0.717, 1.165) is 24.3 Å². The third-order valence-corrected chi connectivity index (χ3v) is 5.18. The summed E-state index contributed by atoms with van der Waals surface area (Å²) in [4.78, 5) is 3.89. The summed E-state index contributed by atoms with van der Waals surface area (Å²) in [6, 6.07) is 8.14. The third kappa shape index (κ3) is 3.29. The second-order valence-electron chi connectivity index (χ2n) is 6.19. The lowest BCUT2D eigenvalue weighted by atomic mass is 9.90. The highest BCUT2D eigenvalue weighted by Gasteiger charge is 2.47. The second-order valence-corrected chi connectivity index (χ2v) is 7.76. The van der Waals surface area contributed by atoms with E-state index in [-0.39, 0.29) is 27.4 Å². The molecule has 1 unspecified atom stereocenters. The lowest BCUT2D eigenvalue weighted by molar-refractivity contribution is -0.0925. The van der Waals surface area contributed by atoms with Crippen LogP contribution < -0.4 is 5.14 Å². The van der Waals surface area contributed by atoms with Gasteiger partial charge in [-0.1, -0.05) is 12.1 Å². The molecule has 0 amide bonds. The molecule has 29 heavy (non-hydrogen) atoms. The Balaban J connectivity index is 1.93. The maximum Gasteiger partial charge on any atom is 0.434 e. The van der Waals surface area contributed by atoms with Gasteiger partial charge in [0.05, 0.1) is 4.90 Å². The van der Waals surface area contributed by atoms with Crippen LogP contribution in [0.4, 0.5) is 17.6 Å². The van der Waals surface area contributed by atoms with Crippen molar-refractivity contribution in [3.05, 3.63) is 71.5 Å². The number of primary sulfonamides is 1. The summed E-state index contributed by atoms with van der Waals surface area (Å²) in [6.07, 6.45) is -4.08. The Kier molecular flexibility index (Phi) is 4.10. The minimum Gasteiger partial charge on any atom is -0.437 e. The number of oxazole rings is 1. The van der Waals surface area contributed by atoms with Crippen molar-refractivity contribution in [2.45, 2.75) is 16.6 Å². The normalized spacial score (nSPS) is 19.7. The Labute approximate surface area is 160 Å². The van der Waals surface area contributed by atoms with Gasteiger partial charge in [-0.2, -0.15) is 18.3 Å². The molecule has 0 radical (unpaired) electrons. The number of nitrogens with zero attached hydrogens (tertiary/aromatic N) is 3. The van der Waals surface area contributed by atoms with Gasteiger partial charge in [-0.25, -0.2) is 22.9 Å². The number of halogens is 4. The second kappa shape index (κ2) is 6.19. The Hall–Kier alpha value is -3.12. The van der Waals surface area contributed by atoms with Crippen molar-refractivity contribution < 1.29 is 30.4 Å². The molecule has 2 aromatic carbocycles. The van der Waals surface area contributed by atoms with Crippen LogP contribution in [0.3, 0.4) is 0 Å². The summed E-state index contributed by atoms with van der Waals surface area (Å²) in [5.41, 5.74) is -2.89. The summed E-state index contributed by atoms with van der Waals surface area (Å²) in [5.74, 6) is -0.907. The molecule has 2 N–H and O–H groups in total. The number of fused-ring (bicyclic) bond motifs is 1. The highest BCUT2D eigenvalue weighted by molar-refractivity contribution is 7.89. The van der Waals surface area contributed by atoms with Crippen LogP contribution in [0, 0.1) is 5.82 Å². The summed E-state index contributed by atoms with van der Waals surface area (Å²) < 4.78 is 81.4. The van der Waals surface area contributed by atoms with Gasteiger partial charge < -0.3 is 4.42 Å². The number of benzene rings is 2. The first-order valence-electron chi connectivity index (χ1n) is 7.92. The van der Waals surface area contributed by atoms with Crippen LogP contribution in [0.15, 0.2) is 73.8 Å². The molecule has 0 saturated carbocycles. The predicted octanol–water partition coefficient (Wildman–Crippen LogP) is 3.77. The van der Waals surface area contributed by atoms with Crippen molar-refractivity contribution >= 4 is 21.1 Å². The fourth-order valence-electron chi connectivity index (χ4n) is 2.86. The van der Waals surface area contributed by atoms with Gasteiger partial charge in [0.15, 0.2) is 11.3 Å². The summed E-state index contributed by atoms with van der Waals surface area (Å²) in [6.45, 7) is 0. The smallest absolute Gasteiger partial charge is 0.434 e. The molecule has 1 aliphatic rings. The van der Waals surface area contributed by atoms with Crippen LogP contribution in [-0.2, 0) is 15.6 Å². The molecule has 3 aromatic rings. The topological polar surface area (TPSA) is 111 Å². The first kappa shape index (κ1) is 19.2. The zero-order valence-electron chi connectivity index (χ0n) is 14.2. The van der Waals surface area contributed by atoms with Crippen molar-refractivity contribution in [3.8, 4) is 0 Å². The van der Waals surface area contributed by atoms with Crippen molar-refractivity contribution in [2.75, 3.05) is 0 Å². The van der Waals surface area contributed by atoms with E-state index in [9.17, 15) is 26.0 Å². The maximum atomic E-state index is 13.5. The molecule has 0 saturated heterocycles. The largest absolute Gasteiger partial charge is 0.437 e. The standard InChI is InChI=1S/C17H10F4N4O3S/c18-10-3-6-12-13(7-10)28-15(23-12)16(8-14(24-25-16)17(19,20)21)9-1-4-11(5-2-9)29(22,26)27/h1-8H,(H2,22,26,27). The molecule has 0 spiro atoms. The van der Waals surface area contributed by atoms with Gasteiger partial charge in [0.2, 0.25) is 21.5 Å². The van der Waals surface area contributed by atoms with Crippen molar-refractivity contribution in [1.29, 1.82) is 0 Å². The number of allylic oxidation sites excluding steroid dienone is 1. The van der Waals surface area contributed by atoms with E-state index < -0.39 is 33.3 Å². The zero-order chi connectivity index (χ0) is 21.0. The van der Waals surface area contributed by atoms with E-state index in [1.54, 1.807) is 0 Å². The maximum absolute atomic E-state index is 13.5. The molecule has 12 heteroatoms. The first-order chi connectivity index (χ1) is 13.5. The number of rotatable bonds is 3. The van der Waals surface area contributed by atoms with E-state index in [4.69, 9.17) is 9.56 Å². The van der Waals surface area contributed by atoms with Gasteiger partial charge in [-0.3, -0.25) is 0 Å². The fourth-order valence-corrected chi connectivity index (χ4v) is 3.37. The lowest BCUT2D eigenvalue weighted by Gasteiger charge is -2.19. The molecular weight excluding hydrogens is 416 g/mol. The van der Waals surface area contributed by atoms with E-state index in [0.29, 0.717) is 6.08 Å². The highest BCUT2D eigenvalue weighted by Crippen LogP contribution is 2.45. The SMILES string of the molecule is NS(=O)(=O)c1ccc(C2(c3nc4ccc(F)cc4o3)C=C(C(F)(F)F)N=N2)cc1. The van der Waals surface area contributed by atoms with E-state index >= 15 is 0 Å². The molecule has 0 aliphatic carbocycles. The Morgan fingerprint density at radius 1 is 1.07 bits per heavy atom. The number of aromatic nitrogens is 1. The van der Waals surface area contributed by atoms with E-state index in [2.05, 4.69) is 15.2 Å². The number of nitrogens with two attached hydrogens (primary N) is 1. The van der Waals surface area contributed by atoms with Crippen LogP contribution in [0.1, 0.15) is 11.5 Å². The Bertz CT molecular complexity index is 1280. The van der Waals surface area contributed by atoms with Crippen LogP contribution in [0.5, 0.6) is 0 Å². The summed E-state index contributed by atoms with van der Waals surface area (Å²) in [5, 5.41) is 12.0. The van der Waals surface area contributed by atoms with E-state index in [1.807, 2.05) is 0 Å². The summed E-state index contributed by atoms with van der Waals surface area (Å²) in [7, 11) is -4.02. The minimum atomic E-state index is -4.79. The highest BCUT2D eigenvalue weighted by atomic mass is 32.2. The molecular formula is C17H10F4N4O3S. The molecule has 4 rings (SSSR count). The molecule has 0 bridgehead atoms. The van der Waals surface area contributed by atoms with Gasteiger partial charge in [0, 0.05) is 6.07 Å². The van der Waals surface area contributed by atoms with Gasteiger partial charge in [0.1, 0.15) is 11.3 Å². The van der Waals surface area contributed by atoms with Gasteiger partial charge in [-0.15, -0.1) is 5.11 Å². The molecule has 7 nitrogen and oxygen atoms in total. The average molecular weight is 426 g/mol. The fraction of sp³-hybridized carbons (Fsp3) is 0.118. The van der Waals surface area contributed by atoms with E-state index in [1.165, 1.54) is 18.2 Å². The minimum absolute atomic E-state index is 0.00425. The van der Waals surface area contributed by atoms with Crippen LogP contribution >= 0.6 is 0 Å². The first-order valence-corrected chi connectivity index (χ1v) is 9.46. The molecule has 2 heterocycles. The van der Waals surface area contributed by atoms with Gasteiger partial charge >= 0.3 is 6.18 Å². The predicted molar refractivity (Wildman–Crippen MR) is 91.6 cm³/mol. The van der Waals surface area contributed by atoms with Crippen LogP contribution in [0.2, 0.25) is 0 Å². The van der Waals surface area contributed by atoms with Crippen molar-refractivity contribution in [2.24, 2.45) is 15.4 Å². The number of hydrogen-bond acceptors (Lipinski definition) is 6. The average Bonchev–Trinajstić information content (AvgIpc) is 3.25. The lowest BCUT2D eigenvalue weighted by Crippen LogP contribution is -2.22. The third-order valence-electron chi connectivity index (χ3n) is 4.25. The number of azo groups is 1.